The van der Waals surface area contributed by atoms with Crippen LogP contribution in [-0.4, -0.2) is 56.8 Å². The molecule has 0 unspecified atom stereocenters. The molecule has 0 radical (unpaired) electrons. The summed E-state index contributed by atoms with van der Waals surface area (Å²) in [6.07, 6.45) is 2.80. The van der Waals surface area contributed by atoms with Crippen molar-refractivity contribution < 1.29 is 17.9 Å². The third-order valence-electron chi connectivity index (χ3n) is 5.22. The Kier molecular flexibility index (Phi) is 7.55. The number of rotatable bonds is 7. The van der Waals surface area contributed by atoms with E-state index in [4.69, 9.17) is 4.74 Å². The first kappa shape index (κ1) is 22.8. The number of carbonyl (C=O) groups excluding carboxylic acids is 1. The Labute approximate surface area is 187 Å². The van der Waals surface area contributed by atoms with Gasteiger partial charge in [0.15, 0.2) is 0 Å². The van der Waals surface area contributed by atoms with Crippen molar-refractivity contribution in [3.05, 3.63) is 58.1 Å². The fourth-order valence-electron chi connectivity index (χ4n) is 3.41. The van der Waals surface area contributed by atoms with E-state index in [2.05, 4.69) is 15.9 Å². The normalized spacial score (nSPS) is 15.0. The number of aryl methyl sites for hydroxylation is 1. The summed E-state index contributed by atoms with van der Waals surface area (Å²) in [7, 11) is -1.91. The van der Waals surface area contributed by atoms with Crippen LogP contribution >= 0.6 is 15.9 Å². The first-order valence-corrected chi connectivity index (χ1v) is 12.3. The van der Waals surface area contributed by atoms with Crippen molar-refractivity contribution in [1.29, 1.82) is 0 Å². The number of hydrogen-bond acceptors (Lipinski definition) is 4. The number of amides is 1. The minimum Gasteiger partial charge on any atom is -0.492 e. The second kappa shape index (κ2) is 9.94. The van der Waals surface area contributed by atoms with Gasteiger partial charge in [-0.05, 0) is 61.7 Å². The molecule has 30 heavy (non-hydrogen) atoms. The lowest BCUT2D eigenvalue weighted by atomic mass is 10.1. The summed E-state index contributed by atoms with van der Waals surface area (Å²) in [5.74, 6) is 0.494. The van der Waals surface area contributed by atoms with Crippen LogP contribution in [0.2, 0.25) is 0 Å². The van der Waals surface area contributed by atoms with Crippen molar-refractivity contribution in [3.63, 3.8) is 0 Å². The third kappa shape index (κ3) is 5.42. The molecule has 8 heteroatoms. The topological polar surface area (TPSA) is 66.9 Å². The lowest BCUT2D eigenvalue weighted by Crippen LogP contribution is -2.36. The van der Waals surface area contributed by atoms with E-state index in [1.54, 1.807) is 31.0 Å². The average Bonchev–Trinajstić information content (AvgIpc) is 2.75. The number of likely N-dealkylation sites (N-methyl/N-ethyl adjacent to an activating group) is 1. The zero-order valence-corrected chi connectivity index (χ0v) is 19.7. The number of nitrogens with zero attached hydrogens (tertiary/aromatic N) is 2. The lowest BCUT2D eigenvalue weighted by Gasteiger charge is -2.27. The standard InChI is InChI=1S/C22H27BrN2O4S/c1-17-6-7-18(16-21(17)30(27,28)25-12-4-3-5-13-25)22(26)24(2)14-15-29-20-10-8-19(23)9-11-20/h6-11,16H,3-5,12-15H2,1-2H3. The van der Waals surface area contributed by atoms with Gasteiger partial charge in [0.25, 0.3) is 5.91 Å². The zero-order chi connectivity index (χ0) is 21.7. The van der Waals surface area contributed by atoms with Crippen molar-refractivity contribution in [2.24, 2.45) is 0 Å². The van der Waals surface area contributed by atoms with Crippen LogP contribution in [0, 0.1) is 6.92 Å². The van der Waals surface area contributed by atoms with Crippen LogP contribution in [0.5, 0.6) is 5.75 Å². The van der Waals surface area contributed by atoms with Crippen molar-refractivity contribution in [2.45, 2.75) is 31.1 Å². The van der Waals surface area contributed by atoms with Crippen LogP contribution in [0.25, 0.3) is 0 Å². The Morgan fingerprint density at radius 1 is 1.10 bits per heavy atom. The molecule has 162 valence electrons. The number of sulfonamides is 1. The molecular weight excluding hydrogens is 468 g/mol. The summed E-state index contributed by atoms with van der Waals surface area (Å²) in [6, 6.07) is 12.4. The minimum atomic E-state index is -3.60. The highest BCUT2D eigenvalue weighted by Gasteiger charge is 2.28. The van der Waals surface area contributed by atoms with Crippen LogP contribution in [0.1, 0.15) is 35.2 Å². The van der Waals surface area contributed by atoms with E-state index in [-0.39, 0.29) is 10.8 Å². The minimum absolute atomic E-state index is 0.217. The molecule has 1 heterocycles. The fraction of sp³-hybridized carbons (Fsp3) is 0.409. The molecule has 1 aliphatic heterocycles. The predicted octanol–water partition coefficient (Wildman–Crippen LogP) is 4.08. The summed E-state index contributed by atoms with van der Waals surface area (Å²) < 4.78 is 34.3. The predicted molar refractivity (Wildman–Crippen MR) is 120 cm³/mol. The summed E-state index contributed by atoms with van der Waals surface area (Å²) in [5.41, 5.74) is 1.01. The van der Waals surface area contributed by atoms with Crippen molar-refractivity contribution in [3.8, 4) is 5.75 Å². The molecule has 3 rings (SSSR count). The third-order valence-corrected chi connectivity index (χ3v) is 7.79. The molecule has 2 aromatic carbocycles. The second-order valence-electron chi connectivity index (χ2n) is 7.47. The molecule has 1 saturated heterocycles. The number of ether oxygens (including phenoxy) is 1. The maximum absolute atomic E-state index is 13.1. The summed E-state index contributed by atoms with van der Waals surface area (Å²) in [5, 5.41) is 0. The molecule has 0 aliphatic carbocycles. The molecule has 1 amide bonds. The highest BCUT2D eigenvalue weighted by atomic mass is 79.9. The van der Waals surface area contributed by atoms with Gasteiger partial charge in [0.1, 0.15) is 12.4 Å². The van der Waals surface area contributed by atoms with E-state index in [0.717, 1.165) is 29.5 Å². The molecule has 0 saturated carbocycles. The Morgan fingerprint density at radius 3 is 2.43 bits per heavy atom. The van der Waals surface area contributed by atoms with Gasteiger partial charge in [-0.1, -0.05) is 28.4 Å². The quantitative estimate of drug-likeness (QED) is 0.581. The largest absolute Gasteiger partial charge is 0.492 e. The summed E-state index contributed by atoms with van der Waals surface area (Å²) in [6.45, 7) is 3.56. The van der Waals surface area contributed by atoms with Crippen LogP contribution in [-0.2, 0) is 10.0 Å². The highest BCUT2D eigenvalue weighted by Crippen LogP contribution is 2.25. The maximum Gasteiger partial charge on any atom is 0.253 e. The second-order valence-corrected chi connectivity index (χ2v) is 10.3. The zero-order valence-electron chi connectivity index (χ0n) is 17.3. The number of hydrogen-bond donors (Lipinski definition) is 0. The average molecular weight is 495 g/mol. The van der Waals surface area contributed by atoms with Crippen LogP contribution in [0.4, 0.5) is 0 Å². The number of halogens is 1. The Hall–Kier alpha value is -1.90. The lowest BCUT2D eigenvalue weighted by molar-refractivity contribution is 0.0773. The molecule has 1 aliphatic rings. The summed E-state index contributed by atoms with van der Waals surface area (Å²) >= 11 is 3.38. The van der Waals surface area contributed by atoms with Gasteiger partial charge in [-0.25, -0.2) is 8.42 Å². The van der Waals surface area contributed by atoms with Gasteiger partial charge < -0.3 is 9.64 Å². The van der Waals surface area contributed by atoms with E-state index in [1.165, 1.54) is 10.4 Å². The van der Waals surface area contributed by atoms with Gasteiger partial charge in [-0.3, -0.25) is 4.79 Å². The van der Waals surface area contributed by atoms with E-state index in [9.17, 15) is 13.2 Å². The van der Waals surface area contributed by atoms with Crippen LogP contribution in [0.15, 0.2) is 51.8 Å². The number of carbonyl (C=O) groups is 1. The fourth-order valence-corrected chi connectivity index (χ4v) is 5.44. The van der Waals surface area contributed by atoms with Gasteiger partial charge >= 0.3 is 0 Å². The molecule has 2 aromatic rings. The monoisotopic (exact) mass is 494 g/mol. The molecule has 0 atom stereocenters. The molecule has 0 N–H and O–H groups in total. The van der Waals surface area contributed by atoms with Gasteiger partial charge in [0.2, 0.25) is 10.0 Å². The molecular formula is C22H27BrN2O4S. The van der Waals surface area contributed by atoms with E-state index in [1.807, 2.05) is 24.3 Å². The van der Waals surface area contributed by atoms with Gasteiger partial charge in [0, 0.05) is 30.2 Å². The van der Waals surface area contributed by atoms with Gasteiger partial charge in [-0.15, -0.1) is 0 Å². The number of benzene rings is 2. The smallest absolute Gasteiger partial charge is 0.253 e. The Morgan fingerprint density at radius 2 is 1.77 bits per heavy atom. The van der Waals surface area contributed by atoms with Gasteiger partial charge in [0.05, 0.1) is 11.4 Å². The first-order valence-electron chi connectivity index (χ1n) is 10.0. The van der Waals surface area contributed by atoms with Gasteiger partial charge in [-0.2, -0.15) is 4.31 Å². The van der Waals surface area contributed by atoms with Crippen molar-refractivity contribution >= 4 is 31.9 Å². The SMILES string of the molecule is Cc1ccc(C(=O)N(C)CCOc2ccc(Br)cc2)cc1S(=O)(=O)N1CCCCC1. The molecule has 6 nitrogen and oxygen atoms in total. The van der Waals surface area contributed by atoms with E-state index >= 15 is 0 Å². The van der Waals surface area contributed by atoms with E-state index < -0.39 is 10.0 Å². The highest BCUT2D eigenvalue weighted by molar-refractivity contribution is 9.10. The van der Waals surface area contributed by atoms with Crippen molar-refractivity contribution in [2.75, 3.05) is 33.3 Å². The molecule has 0 bridgehead atoms. The Balaban J connectivity index is 1.68. The molecule has 0 spiro atoms. The van der Waals surface area contributed by atoms with Crippen molar-refractivity contribution in [1.82, 2.24) is 9.21 Å². The maximum atomic E-state index is 13.1. The molecule has 1 fully saturated rings. The summed E-state index contributed by atoms with van der Waals surface area (Å²) in [4.78, 5) is 14.6. The van der Waals surface area contributed by atoms with E-state index in [0.29, 0.717) is 37.4 Å². The first-order chi connectivity index (χ1) is 14.3. The Bertz CT molecular complexity index is 987. The number of piperidine rings is 1. The molecule has 0 aromatic heterocycles. The van der Waals surface area contributed by atoms with Crippen LogP contribution < -0.4 is 4.74 Å². The van der Waals surface area contributed by atoms with Crippen LogP contribution in [0.3, 0.4) is 0 Å².